The summed E-state index contributed by atoms with van der Waals surface area (Å²) in [6.07, 6.45) is 3.26. The highest BCUT2D eigenvalue weighted by atomic mass is 16.5. The van der Waals surface area contributed by atoms with Gasteiger partial charge in [-0.2, -0.15) is 0 Å². The lowest BCUT2D eigenvalue weighted by Gasteiger charge is -2.49. The summed E-state index contributed by atoms with van der Waals surface area (Å²) in [4.78, 5) is 17.6. The van der Waals surface area contributed by atoms with Gasteiger partial charge in [0.2, 0.25) is 5.91 Å². The van der Waals surface area contributed by atoms with Crippen LogP contribution in [0.3, 0.4) is 0 Å². The fraction of sp³-hybridized carbons (Fsp3) is 0.565. The van der Waals surface area contributed by atoms with Crippen LogP contribution in [0.2, 0.25) is 0 Å². The number of hydrogen-bond acceptors (Lipinski definition) is 4. The normalized spacial score (nSPS) is 22.8. The van der Waals surface area contributed by atoms with E-state index in [0.29, 0.717) is 5.91 Å². The first-order valence-electron chi connectivity index (χ1n) is 10.5. The Labute approximate surface area is 167 Å². The van der Waals surface area contributed by atoms with Crippen molar-refractivity contribution in [1.82, 2.24) is 15.0 Å². The first-order chi connectivity index (χ1) is 13.5. The molecule has 0 saturated carbocycles. The van der Waals surface area contributed by atoms with E-state index in [0.717, 1.165) is 63.4 Å². The van der Waals surface area contributed by atoms with Crippen LogP contribution in [-0.2, 0) is 11.3 Å². The monoisotopic (exact) mass is 381 g/mol. The second-order valence-corrected chi connectivity index (χ2v) is 8.60. The lowest BCUT2D eigenvalue weighted by molar-refractivity contribution is -0.141. The van der Waals surface area contributed by atoms with Crippen LogP contribution < -0.4 is 0 Å². The van der Waals surface area contributed by atoms with E-state index in [1.807, 2.05) is 32.0 Å². The van der Waals surface area contributed by atoms with Crippen molar-refractivity contribution >= 4 is 5.91 Å². The average Bonchev–Trinajstić information content (AvgIpc) is 3.04. The van der Waals surface area contributed by atoms with Crippen molar-refractivity contribution in [3.05, 3.63) is 52.9 Å². The van der Waals surface area contributed by atoms with Gasteiger partial charge in [-0.25, -0.2) is 0 Å². The molecule has 28 heavy (non-hydrogen) atoms. The van der Waals surface area contributed by atoms with Gasteiger partial charge in [0.15, 0.2) is 0 Å². The van der Waals surface area contributed by atoms with Crippen LogP contribution in [0.4, 0.5) is 0 Å². The molecule has 0 bridgehead atoms. The number of likely N-dealkylation sites (tertiary alicyclic amines) is 2. The number of likely N-dealkylation sites (N-methyl/N-ethyl adjacent to an activating group) is 1. The van der Waals surface area contributed by atoms with Gasteiger partial charge in [-0.05, 0) is 64.1 Å². The smallest absolute Gasteiger partial charge is 0.230 e. The van der Waals surface area contributed by atoms with Gasteiger partial charge >= 0.3 is 0 Å². The molecule has 1 aromatic carbocycles. The number of aromatic nitrogens is 1. The molecule has 0 radical (unpaired) electrons. The number of piperidine rings is 2. The largest absolute Gasteiger partial charge is 0.361 e. The Morgan fingerprint density at radius 1 is 1.18 bits per heavy atom. The SMILES string of the molecule is CCN1CC2(CCN(Cc3c(C)noc3C)CC2)CC(c2ccccc2)C1=O. The van der Waals surface area contributed by atoms with Gasteiger partial charge in [-0.15, -0.1) is 0 Å². The van der Waals surface area contributed by atoms with Crippen molar-refractivity contribution in [2.24, 2.45) is 5.41 Å². The third-order valence-electron chi connectivity index (χ3n) is 6.84. The molecule has 2 saturated heterocycles. The number of hydrogen-bond donors (Lipinski definition) is 0. The van der Waals surface area contributed by atoms with Crippen molar-refractivity contribution in [3.63, 3.8) is 0 Å². The Kier molecular flexibility index (Phi) is 5.28. The van der Waals surface area contributed by atoms with Crippen LogP contribution >= 0.6 is 0 Å². The minimum absolute atomic E-state index is 0.00372. The van der Waals surface area contributed by atoms with Crippen LogP contribution in [-0.4, -0.2) is 47.0 Å². The molecule has 0 aliphatic carbocycles. The molecule has 2 aliphatic rings. The molecule has 3 heterocycles. The van der Waals surface area contributed by atoms with E-state index in [9.17, 15) is 4.79 Å². The topological polar surface area (TPSA) is 49.6 Å². The van der Waals surface area contributed by atoms with Gasteiger partial charge in [0.1, 0.15) is 5.76 Å². The van der Waals surface area contributed by atoms with E-state index in [2.05, 4.69) is 34.0 Å². The van der Waals surface area contributed by atoms with E-state index >= 15 is 0 Å². The molecular formula is C23H31N3O2. The Morgan fingerprint density at radius 3 is 2.50 bits per heavy atom. The maximum absolute atomic E-state index is 13.0. The molecule has 150 valence electrons. The van der Waals surface area contributed by atoms with Gasteiger partial charge in [0, 0.05) is 25.2 Å². The summed E-state index contributed by atoms with van der Waals surface area (Å²) < 4.78 is 5.33. The zero-order chi connectivity index (χ0) is 19.7. The van der Waals surface area contributed by atoms with Crippen molar-refractivity contribution in [1.29, 1.82) is 0 Å². The maximum Gasteiger partial charge on any atom is 0.230 e. The molecule has 2 aromatic rings. The first-order valence-corrected chi connectivity index (χ1v) is 10.5. The molecule has 5 nitrogen and oxygen atoms in total. The van der Waals surface area contributed by atoms with Gasteiger partial charge in [-0.3, -0.25) is 9.69 Å². The Morgan fingerprint density at radius 2 is 1.89 bits per heavy atom. The predicted octanol–water partition coefficient (Wildman–Crippen LogP) is 3.91. The summed E-state index contributed by atoms with van der Waals surface area (Å²) in [7, 11) is 0. The zero-order valence-corrected chi connectivity index (χ0v) is 17.3. The molecule has 2 aliphatic heterocycles. The molecule has 1 spiro atoms. The minimum Gasteiger partial charge on any atom is -0.361 e. The lowest BCUT2D eigenvalue weighted by atomic mass is 9.67. The Bertz CT molecular complexity index is 802. The first kappa shape index (κ1) is 19.2. The summed E-state index contributed by atoms with van der Waals surface area (Å²) in [6, 6.07) is 10.3. The summed E-state index contributed by atoms with van der Waals surface area (Å²) in [5, 5.41) is 4.09. The minimum atomic E-state index is 0.00372. The third kappa shape index (κ3) is 3.60. The Hall–Kier alpha value is -2.14. The molecule has 1 atom stereocenters. The van der Waals surface area contributed by atoms with E-state index in [4.69, 9.17) is 4.52 Å². The molecule has 4 rings (SSSR count). The van der Waals surface area contributed by atoms with Gasteiger partial charge in [-0.1, -0.05) is 35.5 Å². The summed E-state index contributed by atoms with van der Waals surface area (Å²) in [5.41, 5.74) is 3.64. The van der Waals surface area contributed by atoms with Gasteiger partial charge in [0.25, 0.3) is 0 Å². The fourth-order valence-corrected chi connectivity index (χ4v) is 5.00. The van der Waals surface area contributed by atoms with Crippen LogP contribution in [0.1, 0.15) is 54.7 Å². The number of nitrogens with zero attached hydrogens (tertiary/aromatic N) is 3. The van der Waals surface area contributed by atoms with E-state index < -0.39 is 0 Å². The highest BCUT2D eigenvalue weighted by Gasteiger charge is 2.45. The van der Waals surface area contributed by atoms with Crippen molar-refractivity contribution < 1.29 is 9.32 Å². The van der Waals surface area contributed by atoms with Gasteiger partial charge < -0.3 is 9.42 Å². The van der Waals surface area contributed by atoms with Crippen molar-refractivity contribution in [3.8, 4) is 0 Å². The summed E-state index contributed by atoms with van der Waals surface area (Å²) in [5.74, 6) is 1.24. The molecule has 5 heteroatoms. The number of amides is 1. The van der Waals surface area contributed by atoms with Crippen molar-refractivity contribution in [2.75, 3.05) is 26.2 Å². The second kappa shape index (κ2) is 7.70. The van der Waals surface area contributed by atoms with E-state index in [-0.39, 0.29) is 11.3 Å². The van der Waals surface area contributed by atoms with Gasteiger partial charge in [0.05, 0.1) is 11.6 Å². The standard InChI is InChI=1S/C23H31N3O2/c1-4-26-16-23(14-20(22(26)27)19-8-6-5-7-9-19)10-12-25(13-11-23)15-21-17(2)24-28-18(21)3/h5-9,20H,4,10-16H2,1-3H3. The fourth-order valence-electron chi connectivity index (χ4n) is 5.00. The van der Waals surface area contributed by atoms with E-state index in [1.165, 1.54) is 11.1 Å². The van der Waals surface area contributed by atoms with Crippen molar-refractivity contribution in [2.45, 2.75) is 52.5 Å². The number of carbonyl (C=O) groups excluding carboxylic acids is 1. The second-order valence-electron chi connectivity index (χ2n) is 8.60. The highest BCUT2D eigenvalue weighted by Crippen LogP contribution is 2.45. The molecule has 1 unspecified atom stereocenters. The molecule has 1 amide bonds. The predicted molar refractivity (Wildman–Crippen MR) is 109 cm³/mol. The van der Waals surface area contributed by atoms with Crippen LogP contribution in [0.5, 0.6) is 0 Å². The quantitative estimate of drug-likeness (QED) is 0.806. The molecular weight excluding hydrogens is 350 g/mol. The molecule has 0 N–H and O–H groups in total. The van der Waals surface area contributed by atoms with Crippen LogP contribution in [0.25, 0.3) is 0 Å². The zero-order valence-electron chi connectivity index (χ0n) is 17.3. The number of rotatable bonds is 4. The Balaban J connectivity index is 1.48. The lowest BCUT2D eigenvalue weighted by Crippen LogP contribution is -2.53. The maximum atomic E-state index is 13.0. The molecule has 1 aromatic heterocycles. The number of carbonyl (C=O) groups is 1. The van der Waals surface area contributed by atoms with Crippen LogP contribution in [0, 0.1) is 19.3 Å². The van der Waals surface area contributed by atoms with E-state index in [1.54, 1.807) is 0 Å². The third-order valence-corrected chi connectivity index (χ3v) is 6.84. The molecule has 2 fully saturated rings. The highest BCUT2D eigenvalue weighted by molar-refractivity contribution is 5.84. The summed E-state index contributed by atoms with van der Waals surface area (Å²) in [6.45, 7) is 10.9. The number of benzene rings is 1. The number of aryl methyl sites for hydroxylation is 2. The van der Waals surface area contributed by atoms with Crippen LogP contribution in [0.15, 0.2) is 34.9 Å². The summed E-state index contributed by atoms with van der Waals surface area (Å²) >= 11 is 0. The average molecular weight is 382 g/mol.